The molecule has 140 valence electrons. The van der Waals surface area contributed by atoms with Crippen molar-refractivity contribution in [3.05, 3.63) is 23.8 Å². The van der Waals surface area contributed by atoms with E-state index in [9.17, 15) is 9.59 Å². The molecule has 1 amide bonds. The van der Waals surface area contributed by atoms with E-state index in [0.717, 1.165) is 6.42 Å². The van der Waals surface area contributed by atoms with Crippen molar-refractivity contribution in [3.63, 3.8) is 0 Å². The Kier molecular flexibility index (Phi) is 6.61. The minimum absolute atomic E-state index is 0.206. The van der Waals surface area contributed by atoms with Crippen molar-refractivity contribution in [3.8, 4) is 17.6 Å². The van der Waals surface area contributed by atoms with E-state index >= 15 is 0 Å². The third kappa shape index (κ3) is 4.75. The number of carbonyl (C=O) groups is 2. The number of amides is 1. The molecule has 1 fully saturated rings. The van der Waals surface area contributed by atoms with Gasteiger partial charge in [-0.3, -0.25) is 9.59 Å². The molecular formula is C19H24N2O5. The van der Waals surface area contributed by atoms with Crippen LogP contribution in [0, 0.1) is 11.8 Å². The Labute approximate surface area is 153 Å². The fourth-order valence-corrected chi connectivity index (χ4v) is 2.18. The molecule has 1 aliphatic rings. The highest BCUT2D eigenvalue weighted by molar-refractivity contribution is 5.79. The van der Waals surface area contributed by atoms with Crippen molar-refractivity contribution in [2.75, 3.05) is 31.8 Å². The van der Waals surface area contributed by atoms with Crippen LogP contribution in [0.1, 0.15) is 25.8 Å². The molecule has 0 bridgehead atoms. The fourth-order valence-electron chi connectivity index (χ4n) is 2.18. The summed E-state index contributed by atoms with van der Waals surface area (Å²) in [6, 6.07) is 4.60. The van der Waals surface area contributed by atoms with Crippen molar-refractivity contribution < 1.29 is 23.8 Å². The van der Waals surface area contributed by atoms with Crippen LogP contribution in [0.15, 0.2) is 18.2 Å². The lowest BCUT2D eigenvalue weighted by atomic mass is 10.0. The van der Waals surface area contributed by atoms with Gasteiger partial charge in [-0.1, -0.05) is 12.8 Å². The third-order valence-electron chi connectivity index (χ3n) is 3.73. The van der Waals surface area contributed by atoms with E-state index in [2.05, 4.69) is 11.8 Å². The summed E-state index contributed by atoms with van der Waals surface area (Å²) < 4.78 is 16.2. The lowest BCUT2D eigenvalue weighted by molar-refractivity contribution is -0.193. The Morgan fingerprint density at radius 1 is 1.50 bits per heavy atom. The quantitative estimate of drug-likeness (QED) is 0.444. The average Bonchev–Trinajstić information content (AvgIpc) is 2.61. The standard InChI is InChI=1S/C19H24N2O5/c1-4-9-25-17-6-5-15(10-16(17)21(3)13-22)7-8-19(11-24-12-19)26-18(23)14(2)20/h5-6,10,13-14H,4,9,11-12,20H2,1-3H3. The van der Waals surface area contributed by atoms with Crippen LogP contribution in [0.25, 0.3) is 0 Å². The summed E-state index contributed by atoms with van der Waals surface area (Å²) in [6.45, 7) is 4.53. The summed E-state index contributed by atoms with van der Waals surface area (Å²) >= 11 is 0. The molecule has 1 aromatic carbocycles. The maximum absolute atomic E-state index is 11.8. The summed E-state index contributed by atoms with van der Waals surface area (Å²) in [5.74, 6) is 6.04. The Morgan fingerprint density at radius 2 is 2.23 bits per heavy atom. The summed E-state index contributed by atoms with van der Waals surface area (Å²) in [4.78, 5) is 24.3. The lowest BCUT2D eigenvalue weighted by Crippen LogP contribution is -2.53. The van der Waals surface area contributed by atoms with Gasteiger partial charge in [0.2, 0.25) is 12.0 Å². The Hall–Kier alpha value is -2.56. The maximum Gasteiger partial charge on any atom is 0.324 e. The number of anilines is 1. The van der Waals surface area contributed by atoms with Gasteiger partial charge in [0.05, 0.1) is 12.3 Å². The Bertz CT molecular complexity index is 716. The molecule has 2 N–H and O–H groups in total. The van der Waals surface area contributed by atoms with Crippen molar-refractivity contribution in [1.29, 1.82) is 0 Å². The Balaban J connectivity index is 2.25. The zero-order chi connectivity index (χ0) is 19.2. The number of esters is 1. The highest BCUT2D eigenvalue weighted by atomic mass is 16.6. The largest absolute Gasteiger partial charge is 0.491 e. The first-order chi connectivity index (χ1) is 12.4. The summed E-state index contributed by atoms with van der Waals surface area (Å²) in [7, 11) is 1.64. The molecule has 1 aliphatic heterocycles. The molecule has 1 saturated heterocycles. The third-order valence-corrected chi connectivity index (χ3v) is 3.73. The van der Waals surface area contributed by atoms with Gasteiger partial charge < -0.3 is 24.8 Å². The lowest BCUT2D eigenvalue weighted by Gasteiger charge is -2.36. The number of hydrogen-bond donors (Lipinski definition) is 1. The molecule has 1 unspecified atom stereocenters. The highest BCUT2D eigenvalue weighted by Crippen LogP contribution is 2.29. The average molecular weight is 360 g/mol. The van der Waals surface area contributed by atoms with E-state index in [1.165, 1.54) is 4.90 Å². The minimum atomic E-state index is -0.973. The zero-order valence-corrected chi connectivity index (χ0v) is 15.3. The number of rotatable bonds is 7. The number of ether oxygens (including phenoxy) is 3. The Morgan fingerprint density at radius 3 is 2.77 bits per heavy atom. The van der Waals surface area contributed by atoms with Gasteiger partial charge in [-0.05, 0) is 37.5 Å². The smallest absolute Gasteiger partial charge is 0.324 e. The number of nitrogens with two attached hydrogens (primary N) is 1. The molecule has 0 aliphatic carbocycles. The minimum Gasteiger partial charge on any atom is -0.491 e. The number of hydrogen-bond acceptors (Lipinski definition) is 6. The second-order valence-electron chi connectivity index (χ2n) is 6.19. The van der Waals surface area contributed by atoms with Gasteiger partial charge in [-0.25, -0.2) is 0 Å². The predicted molar refractivity (Wildman–Crippen MR) is 96.9 cm³/mol. The predicted octanol–water partition coefficient (Wildman–Crippen LogP) is 1.08. The van der Waals surface area contributed by atoms with E-state index in [1.54, 1.807) is 32.2 Å². The molecule has 0 spiro atoms. The van der Waals surface area contributed by atoms with E-state index in [1.807, 2.05) is 6.92 Å². The van der Waals surface area contributed by atoms with Gasteiger partial charge in [0.1, 0.15) is 25.0 Å². The van der Waals surface area contributed by atoms with Crippen LogP contribution in [-0.4, -0.2) is 50.9 Å². The van der Waals surface area contributed by atoms with Crippen LogP contribution >= 0.6 is 0 Å². The maximum atomic E-state index is 11.8. The van der Waals surface area contributed by atoms with Gasteiger partial charge >= 0.3 is 5.97 Å². The van der Waals surface area contributed by atoms with E-state index in [4.69, 9.17) is 19.9 Å². The molecule has 1 aromatic rings. The second kappa shape index (κ2) is 8.70. The van der Waals surface area contributed by atoms with Crippen LogP contribution in [-0.2, 0) is 19.1 Å². The van der Waals surface area contributed by atoms with Crippen LogP contribution in [0.3, 0.4) is 0 Å². The number of carbonyl (C=O) groups excluding carboxylic acids is 2. The van der Waals surface area contributed by atoms with Gasteiger partial charge in [0, 0.05) is 12.6 Å². The molecule has 0 radical (unpaired) electrons. The first kappa shape index (κ1) is 19.8. The molecule has 7 nitrogen and oxygen atoms in total. The first-order valence-corrected chi connectivity index (χ1v) is 8.45. The molecule has 2 rings (SSSR count). The first-order valence-electron chi connectivity index (χ1n) is 8.45. The molecule has 0 saturated carbocycles. The van der Waals surface area contributed by atoms with Crippen LogP contribution in [0.5, 0.6) is 5.75 Å². The summed E-state index contributed by atoms with van der Waals surface area (Å²) in [5, 5.41) is 0. The second-order valence-corrected chi connectivity index (χ2v) is 6.19. The van der Waals surface area contributed by atoms with Gasteiger partial charge in [0.15, 0.2) is 0 Å². The highest BCUT2D eigenvalue weighted by Gasteiger charge is 2.41. The number of benzene rings is 1. The zero-order valence-electron chi connectivity index (χ0n) is 15.3. The molecule has 7 heteroatoms. The normalized spacial score (nSPS) is 15.7. The SMILES string of the molecule is CCCOc1ccc(C#CC2(OC(=O)C(C)N)COC2)cc1N(C)C=O. The summed E-state index contributed by atoms with van der Waals surface area (Å²) in [6.07, 6.45) is 1.57. The topological polar surface area (TPSA) is 91.1 Å². The van der Waals surface area contributed by atoms with Crippen molar-refractivity contribution in [1.82, 2.24) is 0 Å². The van der Waals surface area contributed by atoms with E-state index in [0.29, 0.717) is 30.0 Å². The van der Waals surface area contributed by atoms with Gasteiger partial charge in [0.25, 0.3) is 0 Å². The van der Waals surface area contributed by atoms with Crippen molar-refractivity contribution in [2.24, 2.45) is 5.73 Å². The number of nitrogens with zero attached hydrogens (tertiary/aromatic N) is 1. The molecule has 1 heterocycles. The van der Waals surface area contributed by atoms with Gasteiger partial charge in [-0.2, -0.15) is 0 Å². The molecular weight excluding hydrogens is 336 g/mol. The van der Waals surface area contributed by atoms with E-state index < -0.39 is 17.6 Å². The summed E-state index contributed by atoms with van der Waals surface area (Å²) in [5.41, 5.74) is 5.85. The van der Waals surface area contributed by atoms with Crippen LogP contribution in [0.2, 0.25) is 0 Å². The fraction of sp³-hybridized carbons (Fsp3) is 0.474. The molecule has 0 aromatic heterocycles. The molecule has 26 heavy (non-hydrogen) atoms. The van der Waals surface area contributed by atoms with Crippen molar-refractivity contribution in [2.45, 2.75) is 31.9 Å². The van der Waals surface area contributed by atoms with E-state index in [-0.39, 0.29) is 13.2 Å². The monoisotopic (exact) mass is 360 g/mol. The van der Waals surface area contributed by atoms with Crippen LogP contribution in [0.4, 0.5) is 5.69 Å². The molecule has 1 atom stereocenters. The van der Waals surface area contributed by atoms with Gasteiger partial charge in [-0.15, -0.1) is 0 Å². The van der Waals surface area contributed by atoms with Crippen LogP contribution < -0.4 is 15.4 Å². The van der Waals surface area contributed by atoms with Crippen molar-refractivity contribution >= 4 is 18.1 Å².